The lowest BCUT2D eigenvalue weighted by Crippen LogP contribution is -2.46. The van der Waals surface area contributed by atoms with Gasteiger partial charge in [0.05, 0.1) is 5.70 Å². The summed E-state index contributed by atoms with van der Waals surface area (Å²) >= 11 is 0. The van der Waals surface area contributed by atoms with Crippen LogP contribution in [0.1, 0.15) is 5.56 Å². The lowest BCUT2D eigenvalue weighted by molar-refractivity contribution is -0.120. The Labute approximate surface area is 103 Å². The molecule has 1 unspecified atom stereocenters. The Bertz CT molecular complexity index is 588. The third-order valence-corrected chi connectivity index (χ3v) is 2.83. The van der Waals surface area contributed by atoms with Crippen LogP contribution in [-0.4, -0.2) is 29.1 Å². The first-order valence-corrected chi connectivity index (χ1v) is 5.54. The second-order valence-electron chi connectivity index (χ2n) is 4.12. The molecule has 2 aliphatic heterocycles. The van der Waals surface area contributed by atoms with Crippen LogP contribution in [0.25, 0.3) is 0 Å². The van der Waals surface area contributed by atoms with Crippen LogP contribution in [-0.2, 0) is 11.2 Å². The molecule has 3 heterocycles. The summed E-state index contributed by atoms with van der Waals surface area (Å²) in [5, 5.41) is 2.46. The number of rotatable bonds is 2. The topological polar surface area (TPSA) is 92.7 Å². The van der Waals surface area contributed by atoms with Crippen LogP contribution >= 0.6 is 0 Å². The molecule has 0 aliphatic carbocycles. The summed E-state index contributed by atoms with van der Waals surface area (Å²) in [7, 11) is 0. The molecule has 0 saturated carbocycles. The van der Waals surface area contributed by atoms with Crippen LogP contribution in [0.5, 0.6) is 0 Å². The largest absolute Gasteiger partial charge is 0.369 e. The van der Waals surface area contributed by atoms with E-state index in [0.717, 1.165) is 11.1 Å². The monoisotopic (exact) mass is 241 g/mol. The van der Waals surface area contributed by atoms with Crippen LogP contribution in [0.3, 0.4) is 0 Å². The summed E-state index contributed by atoms with van der Waals surface area (Å²) in [5.41, 5.74) is 8.15. The number of nitrogens with zero attached hydrogens (tertiary/aromatic N) is 3. The van der Waals surface area contributed by atoms with Crippen molar-refractivity contribution in [2.75, 3.05) is 0 Å². The van der Waals surface area contributed by atoms with Crippen molar-refractivity contribution in [2.45, 2.75) is 12.5 Å². The van der Waals surface area contributed by atoms with E-state index in [-0.39, 0.29) is 11.9 Å². The van der Waals surface area contributed by atoms with Gasteiger partial charge in [-0.05, 0) is 17.2 Å². The molecule has 6 nitrogen and oxygen atoms in total. The number of nitrogens with two attached hydrogens (primary N) is 1. The van der Waals surface area contributed by atoms with Crippen LogP contribution in [0.15, 0.2) is 45.8 Å². The van der Waals surface area contributed by atoms with Crippen LogP contribution in [0, 0.1) is 0 Å². The SMILES string of the molecule is NC1=NC2=C(Cc3cccnc3)C=NC2C(=O)N1. The highest BCUT2D eigenvalue weighted by atomic mass is 16.2. The second-order valence-corrected chi connectivity index (χ2v) is 4.12. The minimum Gasteiger partial charge on any atom is -0.369 e. The predicted octanol–water partition coefficient (Wildman–Crippen LogP) is -0.224. The van der Waals surface area contributed by atoms with Gasteiger partial charge in [0, 0.05) is 25.0 Å². The average molecular weight is 241 g/mol. The number of amides is 1. The summed E-state index contributed by atoms with van der Waals surface area (Å²) in [6.07, 6.45) is 5.84. The van der Waals surface area contributed by atoms with E-state index in [1.54, 1.807) is 18.6 Å². The number of fused-ring (bicyclic) bond motifs is 1. The third-order valence-electron chi connectivity index (χ3n) is 2.83. The third kappa shape index (κ3) is 1.77. The Morgan fingerprint density at radius 3 is 3.11 bits per heavy atom. The quantitative estimate of drug-likeness (QED) is 0.749. The van der Waals surface area contributed by atoms with Gasteiger partial charge in [0.1, 0.15) is 0 Å². The van der Waals surface area contributed by atoms with Crippen molar-refractivity contribution in [3.8, 4) is 0 Å². The van der Waals surface area contributed by atoms with Crippen molar-refractivity contribution in [2.24, 2.45) is 15.7 Å². The average Bonchev–Trinajstić information content (AvgIpc) is 2.74. The number of aromatic nitrogens is 1. The predicted molar refractivity (Wildman–Crippen MR) is 67.0 cm³/mol. The number of carbonyl (C=O) groups is 1. The Morgan fingerprint density at radius 1 is 1.44 bits per heavy atom. The summed E-state index contributed by atoms with van der Waals surface area (Å²) in [5.74, 6) is -0.102. The molecule has 0 fully saturated rings. The normalized spacial score (nSPS) is 21.7. The fraction of sp³-hybridized carbons (Fsp3) is 0.167. The second kappa shape index (κ2) is 4.06. The Morgan fingerprint density at radius 2 is 2.33 bits per heavy atom. The van der Waals surface area contributed by atoms with E-state index in [0.29, 0.717) is 12.1 Å². The van der Waals surface area contributed by atoms with Gasteiger partial charge in [0.2, 0.25) is 0 Å². The van der Waals surface area contributed by atoms with E-state index in [9.17, 15) is 4.79 Å². The number of hydrogen-bond donors (Lipinski definition) is 2. The van der Waals surface area contributed by atoms with Gasteiger partial charge in [0.15, 0.2) is 12.0 Å². The molecule has 0 aromatic carbocycles. The van der Waals surface area contributed by atoms with Gasteiger partial charge in [-0.15, -0.1) is 0 Å². The molecule has 3 N–H and O–H groups in total. The molecule has 1 aromatic heterocycles. The number of nitrogens with one attached hydrogen (secondary N) is 1. The molecule has 6 heteroatoms. The lowest BCUT2D eigenvalue weighted by Gasteiger charge is -2.16. The van der Waals surface area contributed by atoms with E-state index in [1.807, 2.05) is 12.1 Å². The summed E-state index contributed by atoms with van der Waals surface area (Å²) in [6, 6.07) is 3.29. The number of pyridine rings is 1. The van der Waals surface area contributed by atoms with Gasteiger partial charge in [-0.25, -0.2) is 4.99 Å². The van der Waals surface area contributed by atoms with Gasteiger partial charge < -0.3 is 5.73 Å². The zero-order chi connectivity index (χ0) is 12.5. The van der Waals surface area contributed by atoms with Crippen molar-refractivity contribution in [3.63, 3.8) is 0 Å². The summed E-state index contributed by atoms with van der Waals surface area (Å²) in [6.45, 7) is 0. The van der Waals surface area contributed by atoms with Crippen molar-refractivity contribution in [1.82, 2.24) is 10.3 Å². The first kappa shape index (κ1) is 10.6. The Kier molecular flexibility index (Phi) is 2.40. The van der Waals surface area contributed by atoms with E-state index in [4.69, 9.17) is 5.73 Å². The smallest absolute Gasteiger partial charge is 0.257 e. The fourth-order valence-corrected chi connectivity index (χ4v) is 2.01. The van der Waals surface area contributed by atoms with Crippen LogP contribution in [0.2, 0.25) is 0 Å². The molecule has 0 saturated heterocycles. The molecule has 3 rings (SSSR count). The van der Waals surface area contributed by atoms with Crippen molar-refractivity contribution < 1.29 is 4.79 Å². The Balaban J connectivity index is 1.95. The highest BCUT2D eigenvalue weighted by molar-refractivity contribution is 6.06. The lowest BCUT2D eigenvalue weighted by atomic mass is 10.0. The first-order valence-electron chi connectivity index (χ1n) is 5.54. The van der Waals surface area contributed by atoms with E-state index in [2.05, 4.69) is 20.3 Å². The van der Waals surface area contributed by atoms with Crippen molar-refractivity contribution >= 4 is 18.1 Å². The zero-order valence-electron chi connectivity index (χ0n) is 9.50. The molecule has 0 spiro atoms. The number of guanidine groups is 1. The first-order chi connectivity index (χ1) is 8.74. The van der Waals surface area contributed by atoms with Crippen LogP contribution < -0.4 is 11.1 Å². The van der Waals surface area contributed by atoms with E-state index in [1.165, 1.54) is 0 Å². The molecular weight excluding hydrogens is 230 g/mol. The molecule has 18 heavy (non-hydrogen) atoms. The van der Waals surface area contributed by atoms with Crippen molar-refractivity contribution in [1.29, 1.82) is 0 Å². The molecule has 0 bridgehead atoms. The molecule has 90 valence electrons. The maximum Gasteiger partial charge on any atom is 0.257 e. The number of aliphatic imine (C=N–C) groups is 2. The van der Waals surface area contributed by atoms with Gasteiger partial charge >= 0.3 is 0 Å². The van der Waals surface area contributed by atoms with Gasteiger partial charge in [-0.1, -0.05) is 6.07 Å². The van der Waals surface area contributed by atoms with Crippen LogP contribution in [0.4, 0.5) is 0 Å². The summed E-state index contributed by atoms with van der Waals surface area (Å²) < 4.78 is 0. The molecule has 1 amide bonds. The highest BCUT2D eigenvalue weighted by Gasteiger charge is 2.32. The molecule has 2 aliphatic rings. The number of carbonyl (C=O) groups excluding carboxylic acids is 1. The number of allylic oxidation sites excluding steroid dienone is 1. The van der Waals surface area contributed by atoms with E-state index < -0.39 is 6.04 Å². The fourth-order valence-electron chi connectivity index (χ4n) is 2.01. The maximum absolute atomic E-state index is 11.7. The Hall–Kier alpha value is -2.50. The molecule has 0 radical (unpaired) electrons. The molecular formula is C12H11N5O. The molecule has 1 aromatic rings. The maximum atomic E-state index is 11.7. The van der Waals surface area contributed by atoms with E-state index >= 15 is 0 Å². The van der Waals surface area contributed by atoms with Gasteiger partial charge in [0.25, 0.3) is 5.91 Å². The minimum absolute atomic E-state index is 0.125. The standard InChI is InChI=1S/C12H11N5O/c13-12-16-9-8(4-7-2-1-3-14-5-7)6-15-10(9)11(18)17-12/h1-3,5-6,10H,4H2,(H3,13,16,17,18). The highest BCUT2D eigenvalue weighted by Crippen LogP contribution is 2.24. The number of hydrogen-bond acceptors (Lipinski definition) is 5. The van der Waals surface area contributed by atoms with Gasteiger partial charge in [-0.2, -0.15) is 0 Å². The summed E-state index contributed by atoms with van der Waals surface area (Å²) in [4.78, 5) is 24.0. The van der Waals surface area contributed by atoms with Gasteiger partial charge in [-0.3, -0.25) is 20.1 Å². The molecule has 1 atom stereocenters. The zero-order valence-corrected chi connectivity index (χ0v) is 9.50. The van der Waals surface area contributed by atoms with Crippen molar-refractivity contribution in [3.05, 3.63) is 41.4 Å². The minimum atomic E-state index is -0.552.